The zero-order chi connectivity index (χ0) is 6.85. The van der Waals surface area contributed by atoms with Crippen molar-refractivity contribution in [2.24, 2.45) is 0 Å². The summed E-state index contributed by atoms with van der Waals surface area (Å²) in [5.74, 6) is 0.0918. The van der Waals surface area contributed by atoms with Gasteiger partial charge in [0.05, 0.1) is 3.92 Å². The standard InChI is InChI=1S/C4H5IN2O2/c1-2(5)3-6-4(8)9-7-3/h2H,1H3,(H,6,7,8)/t2-/m1/s1. The quantitative estimate of drug-likeness (QED) is 0.585. The lowest BCUT2D eigenvalue weighted by atomic mass is 10.5. The van der Waals surface area contributed by atoms with E-state index in [0.29, 0.717) is 5.82 Å². The van der Waals surface area contributed by atoms with Crippen LogP contribution in [0.1, 0.15) is 16.7 Å². The molecule has 1 rings (SSSR count). The third kappa shape index (κ3) is 1.54. The first-order valence-corrected chi connectivity index (χ1v) is 3.64. The number of alkyl halides is 1. The molecule has 50 valence electrons. The van der Waals surface area contributed by atoms with E-state index in [9.17, 15) is 4.79 Å². The van der Waals surface area contributed by atoms with Gasteiger partial charge in [-0.15, -0.1) is 0 Å². The molecule has 0 fully saturated rings. The molecule has 0 saturated carbocycles. The van der Waals surface area contributed by atoms with Gasteiger partial charge in [-0.2, -0.15) is 0 Å². The molecule has 0 aromatic carbocycles. The van der Waals surface area contributed by atoms with E-state index in [1.54, 1.807) is 0 Å². The fraction of sp³-hybridized carbons (Fsp3) is 0.500. The number of halogens is 1. The number of nitrogens with one attached hydrogen (secondary N) is 1. The van der Waals surface area contributed by atoms with Crippen molar-refractivity contribution >= 4 is 22.6 Å². The molecule has 0 bridgehead atoms. The molecule has 0 amide bonds. The first-order chi connectivity index (χ1) is 4.20. The highest BCUT2D eigenvalue weighted by Crippen LogP contribution is 2.15. The maximum absolute atomic E-state index is 10.3. The van der Waals surface area contributed by atoms with Crippen LogP contribution < -0.4 is 5.76 Å². The van der Waals surface area contributed by atoms with E-state index in [4.69, 9.17) is 0 Å². The molecule has 1 aromatic heterocycles. The number of nitrogens with zero attached hydrogens (tertiary/aromatic N) is 1. The van der Waals surface area contributed by atoms with Crippen molar-refractivity contribution in [3.05, 3.63) is 16.4 Å². The molecule has 0 unspecified atom stereocenters. The third-order valence-electron chi connectivity index (χ3n) is 0.834. The second-order valence-electron chi connectivity index (χ2n) is 1.60. The molecular weight excluding hydrogens is 235 g/mol. The van der Waals surface area contributed by atoms with Crippen LogP contribution in [0.3, 0.4) is 0 Å². The summed E-state index contributed by atoms with van der Waals surface area (Å²) in [5.41, 5.74) is 0. The maximum Gasteiger partial charge on any atom is 0.438 e. The predicted octanol–water partition coefficient (Wildman–Crippen LogP) is 0.859. The second-order valence-corrected chi connectivity index (χ2v) is 3.46. The largest absolute Gasteiger partial charge is 0.438 e. The van der Waals surface area contributed by atoms with Crippen LogP contribution in [0.25, 0.3) is 0 Å². The van der Waals surface area contributed by atoms with Crippen LogP contribution in [0.2, 0.25) is 0 Å². The Balaban J connectivity index is 2.98. The number of aromatic nitrogens is 2. The van der Waals surface area contributed by atoms with Crippen molar-refractivity contribution in [1.82, 2.24) is 10.1 Å². The number of aromatic amines is 1. The highest BCUT2D eigenvalue weighted by Gasteiger charge is 2.04. The topological polar surface area (TPSA) is 58.9 Å². The van der Waals surface area contributed by atoms with Gasteiger partial charge in [0.15, 0.2) is 5.82 Å². The van der Waals surface area contributed by atoms with Crippen LogP contribution in [-0.4, -0.2) is 10.1 Å². The van der Waals surface area contributed by atoms with Crippen molar-refractivity contribution in [3.8, 4) is 0 Å². The Kier molecular flexibility index (Phi) is 1.89. The predicted molar refractivity (Wildman–Crippen MR) is 39.6 cm³/mol. The summed E-state index contributed by atoms with van der Waals surface area (Å²) < 4.78 is 4.45. The molecular formula is C4H5IN2O2. The van der Waals surface area contributed by atoms with E-state index in [1.165, 1.54) is 0 Å². The summed E-state index contributed by atoms with van der Waals surface area (Å²) in [6.07, 6.45) is 0. The molecule has 1 N–H and O–H groups in total. The highest BCUT2D eigenvalue weighted by atomic mass is 127. The van der Waals surface area contributed by atoms with Gasteiger partial charge in [-0.05, 0) is 6.92 Å². The van der Waals surface area contributed by atoms with E-state index in [2.05, 4.69) is 37.3 Å². The van der Waals surface area contributed by atoms with Crippen LogP contribution >= 0.6 is 22.6 Å². The summed E-state index contributed by atoms with van der Waals surface area (Å²) in [6, 6.07) is 0. The Labute approximate surface area is 64.8 Å². The monoisotopic (exact) mass is 240 g/mol. The molecule has 0 saturated heterocycles. The highest BCUT2D eigenvalue weighted by molar-refractivity contribution is 14.1. The van der Waals surface area contributed by atoms with Crippen molar-refractivity contribution in [3.63, 3.8) is 0 Å². The van der Waals surface area contributed by atoms with Crippen LogP contribution in [0, 0.1) is 0 Å². The van der Waals surface area contributed by atoms with Gasteiger partial charge in [0.2, 0.25) is 0 Å². The summed E-state index contributed by atoms with van der Waals surface area (Å²) in [7, 11) is 0. The van der Waals surface area contributed by atoms with Gasteiger partial charge < -0.3 is 0 Å². The maximum atomic E-state index is 10.3. The minimum atomic E-state index is -0.492. The zero-order valence-electron chi connectivity index (χ0n) is 4.72. The fourth-order valence-electron chi connectivity index (χ4n) is 0.413. The van der Waals surface area contributed by atoms with Gasteiger partial charge in [-0.1, -0.05) is 27.7 Å². The lowest BCUT2D eigenvalue weighted by molar-refractivity contribution is 0.382. The summed E-state index contributed by atoms with van der Waals surface area (Å²) in [5, 5.41) is 3.46. The number of hydrogen-bond acceptors (Lipinski definition) is 3. The SMILES string of the molecule is C[C@@H](I)c1noc(=O)[nH]1. The number of hydrogen-bond donors (Lipinski definition) is 1. The lowest BCUT2D eigenvalue weighted by Gasteiger charge is -1.89. The molecule has 0 aliphatic carbocycles. The normalized spacial score (nSPS) is 13.6. The first-order valence-electron chi connectivity index (χ1n) is 2.40. The molecule has 1 heterocycles. The van der Waals surface area contributed by atoms with Gasteiger partial charge in [0.1, 0.15) is 0 Å². The average molecular weight is 240 g/mol. The van der Waals surface area contributed by atoms with E-state index >= 15 is 0 Å². The minimum absolute atomic E-state index is 0.189. The molecule has 0 aliphatic heterocycles. The van der Waals surface area contributed by atoms with Gasteiger partial charge in [-0.25, -0.2) is 4.79 Å². The van der Waals surface area contributed by atoms with Crippen LogP contribution in [-0.2, 0) is 0 Å². The Hall–Kier alpha value is -0.330. The van der Waals surface area contributed by atoms with Crippen LogP contribution in [0.15, 0.2) is 9.32 Å². The van der Waals surface area contributed by atoms with Crippen molar-refractivity contribution in [1.29, 1.82) is 0 Å². The van der Waals surface area contributed by atoms with Crippen molar-refractivity contribution in [2.75, 3.05) is 0 Å². The molecule has 9 heavy (non-hydrogen) atoms. The molecule has 4 nitrogen and oxygen atoms in total. The first kappa shape index (κ1) is 6.79. The Morgan fingerprint density at radius 2 is 2.56 bits per heavy atom. The zero-order valence-corrected chi connectivity index (χ0v) is 6.88. The molecule has 1 aromatic rings. The van der Waals surface area contributed by atoms with Crippen molar-refractivity contribution < 1.29 is 4.52 Å². The van der Waals surface area contributed by atoms with E-state index in [0.717, 1.165) is 0 Å². The summed E-state index contributed by atoms with van der Waals surface area (Å²) in [4.78, 5) is 12.7. The molecule has 1 atom stereocenters. The van der Waals surface area contributed by atoms with Gasteiger partial charge in [0.25, 0.3) is 0 Å². The van der Waals surface area contributed by atoms with Gasteiger partial charge in [-0.3, -0.25) is 9.51 Å². The van der Waals surface area contributed by atoms with E-state index in [-0.39, 0.29) is 3.92 Å². The molecule has 0 radical (unpaired) electrons. The molecule has 0 aliphatic rings. The van der Waals surface area contributed by atoms with Gasteiger partial charge >= 0.3 is 5.76 Å². The Morgan fingerprint density at radius 1 is 1.89 bits per heavy atom. The van der Waals surface area contributed by atoms with E-state index in [1.807, 2.05) is 6.92 Å². The second kappa shape index (κ2) is 2.51. The molecule has 5 heteroatoms. The van der Waals surface area contributed by atoms with Crippen LogP contribution in [0.4, 0.5) is 0 Å². The Morgan fingerprint density at radius 3 is 2.78 bits per heavy atom. The number of H-pyrrole nitrogens is 1. The Bertz CT molecular complexity index is 239. The molecule has 0 spiro atoms. The lowest BCUT2D eigenvalue weighted by Crippen LogP contribution is -1.96. The summed E-state index contributed by atoms with van der Waals surface area (Å²) in [6.45, 7) is 1.91. The fourth-order valence-corrected chi connectivity index (χ4v) is 0.682. The third-order valence-corrected chi connectivity index (χ3v) is 1.42. The van der Waals surface area contributed by atoms with Crippen LogP contribution in [0.5, 0.6) is 0 Å². The number of rotatable bonds is 1. The van der Waals surface area contributed by atoms with Gasteiger partial charge in [0, 0.05) is 0 Å². The van der Waals surface area contributed by atoms with E-state index < -0.39 is 5.76 Å². The summed E-state index contributed by atoms with van der Waals surface area (Å²) >= 11 is 2.13. The minimum Gasteiger partial charge on any atom is -0.296 e. The smallest absolute Gasteiger partial charge is 0.296 e. The average Bonchev–Trinajstić information content (AvgIpc) is 2.14. The van der Waals surface area contributed by atoms with Crippen molar-refractivity contribution in [2.45, 2.75) is 10.8 Å².